The number of benzene rings is 2. The van der Waals surface area contributed by atoms with E-state index in [1.54, 1.807) is 6.07 Å². The zero-order chi connectivity index (χ0) is 18.7. The predicted octanol–water partition coefficient (Wildman–Crippen LogP) is 2.20. The Bertz CT molecular complexity index is 817. The van der Waals surface area contributed by atoms with Gasteiger partial charge in [-0.25, -0.2) is 9.59 Å². The lowest BCUT2D eigenvalue weighted by Crippen LogP contribution is -2.31. The molecule has 7 nitrogen and oxygen atoms in total. The first kappa shape index (κ1) is 17.5. The molecule has 0 bridgehead atoms. The van der Waals surface area contributed by atoms with Gasteiger partial charge in [0.05, 0.1) is 25.3 Å². The van der Waals surface area contributed by atoms with E-state index in [9.17, 15) is 14.4 Å². The first-order valence-electron chi connectivity index (χ1n) is 7.89. The molecule has 1 aliphatic heterocycles. The van der Waals surface area contributed by atoms with Crippen molar-refractivity contribution in [2.24, 2.45) is 0 Å². The molecule has 0 aromatic heterocycles. The fraction of sp³-hybridized carbons (Fsp3) is 0.211. The second-order valence-corrected chi connectivity index (χ2v) is 5.69. The van der Waals surface area contributed by atoms with Gasteiger partial charge < -0.3 is 19.5 Å². The van der Waals surface area contributed by atoms with Gasteiger partial charge in [-0.3, -0.25) is 4.79 Å². The van der Waals surface area contributed by atoms with Gasteiger partial charge in [-0.15, -0.1) is 0 Å². The molecular formula is C19H17NO6. The molecule has 0 saturated heterocycles. The number of carbonyl (C=O) groups excluding carboxylic acids is 3. The Balaban J connectivity index is 1.81. The number of esters is 2. The fourth-order valence-electron chi connectivity index (χ4n) is 2.72. The Kier molecular flexibility index (Phi) is 4.88. The smallest absolute Gasteiger partial charge is 0.337 e. The van der Waals surface area contributed by atoms with Crippen molar-refractivity contribution in [1.29, 1.82) is 0 Å². The number of methoxy groups -OCH3 is 2. The van der Waals surface area contributed by atoms with E-state index in [1.807, 2.05) is 18.2 Å². The van der Waals surface area contributed by atoms with Gasteiger partial charge >= 0.3 is 11.9 Å². The fourth-order valence-corrected chi connectivity index (χ4v) is 2.72. The quantitative estimate of drug-likeness (QED) is 0.846. The van der Waals surface area contributed by atoms with Crippen LogP contribution in [0.1, 0.15) is 26.3 Å². The van der Waals surface area contributed by atoms with Gasteiger partial charge in [0.2, 0.25) is 0 Å². The molecule has 1 heterocycles. The molecular weight excluding hydrogens is 338 g/mol. The molecule has 0 aliphatic carbocycles. The number of nitrogens with one attached hydrogen (secondary N) is 1. The summed E-state index contributed by atoms with van der Waals surface area (Å²) in [6.07, 6.45) is -0.237. The third kappa shape index (κ3) is 3.51. The van der Waals surface area contributed by atoms with Crippen LogP contribution < -0.4 is 10.1 Å². The molecule has 7 heteroatoms. The SMILES string of the molecule is COC(=O)c1cc(NC(=O)[C@@H]2Cc3ccccc3O2)cc(C(=O)OC)c1. The van der Waals surface area contributed by atoms with Gasteiger partial charge in [-0.2, -0.15) is 0 Å². The maximum absolute atomic E-state index is 12.5. The summed E-state index contributed by atoms with van der Waals surface area (Å²) in [6.45, 7) is 0. The van der Waals surface area contributed by atoms with Gasteiger partial charge in [0.25, 0.3) is 5.91 Å². The Morgan fingerprint density at radius 2 is 1.62 bits per heavy atom. The number of rotatable bonds is 4. The zero-order valence-corrected chi connectivity index (χ0v) is 14.3. The summed E-state index contributed by atoms with van der Waals surface area (Å²) in [5.41, 5.74) is 1.48. The summed E-state index contributed by atoms with van der Waals surface area (Å²) >= 11 is 0. The van der Waals surface area contributed by atoms with E-state index in [0.29, 0.717) is 12.2 Å². The number of fused-ring (bicyclic) bond motifs is 1. The lowest BCUT2D eigenvalue weighted by Gasteiger charge is -2.13. The molecule has 1 N–H and O–H groups in total. The van der Waals surface area contributed by atoms with E-state index in [4.69, 9.17) is 4.74 Å². The van der Waals surface area contributed by atoms with Crippen molar-refractivity contribution in [3.05, 3.63) is 59.2 Å². The zero-order valence-electron chi connectivity index (χ0n) is 14.3. The number of amides is 1. The molecule has 0 fully saturated rings. The van der Waals surface area contributed by atoms with Gasteiger partial charge in [0.1, 0.15) is 5.75 Å². The van der Waals surface area contributed by atoms with Gasteiger partial charge in [0.15, 0.2) is 6.10 Å². The van der Waals surface area contributed by atoms with E-state index in [1.165, 1.54) is 32.4 Å². The average Bonchev–Trinajstić information content (AvgIpc) is 3.10. The summed E-state index contributed by atoms with van der Waals surface area (Å²) in [6, 6.07) is 11.6. The second-order valence-electron chi connectivity index (χ2n) is 5.69. The molecule has 1 atom stereocenters. The van der Waals surface area contributed by atoms with E-state index < -0.39 is 18.0 Å². The summed E-state index contributed by atoms with van der Waals surface area (Å²) < 4.78 is 15.0. The van der Waals surface area contributed by atoms with Crippen LogP contribution in [0.5, 0.6) is 5.75 Å². The number of para-hydroxylation sites is 1. The third-order valence-electron chi connectivity index (χ3n) is 3.98. The molecule has 2 aromatic carbocycles. The van der Waals surface area contributed by atoms with Crippen molar-refractivity contribution in [1.82, 2.24) is 0 Å². The minimum Gasteiger partial charge on any atom is -0.480 e. The summed E-state index contributed by atoms with van der Waals surface area (Å²) in [7, 11) is 2.46. The molecule has 134 valence electrons. The Labute approximate surface area is 149 Å². The average molecular weight is 355 g/mol. The number of anilines is 1. The van der Waals surface area contributed by atoms with Gasteiger partial charge in [-0.05, 0) is 29.8 Å². The van der Waals surface area contributed by atoms with Crippen LogP contribution in [0.2, 0.25) is 0 Å². The van der Waals surface area contributed by atoms with Crippen molar-refractivity contribution in [3.8, 4) is 5.75 Å². The number of hydrogen-bond donors (Lipinski definition) is 1. The molecule has 0 saturated carbocycles. The third-order valence-corrected chi connectivity index (χ3v) is 3.98. The summed E-state index contributed by atoms with van der Waals surface area (Å²) in [5.74, 6) is -0.961. The van der Waals surface area contributed by atoms with Crippen LogP contribution >= 0.6 is 0 Å². The first-order valence-corrected chi connectivity index (χ1v) is 7.89. The predicted molar refractivity (Wildman–Crippen MR) is 92.3 cm³/mol. The van der Waals surface area contributed by atoms with Crippen LogP contribution in [-0.2, 0) is 20.7 Å². The van der Waals surface area contributed by atoms with Crippen molar-refractivity contribution in [3.63, 3.8) is 0 Å². The lowest BCUT2D eigenvalue weighted by atomic mass is 10.1. The number of hydrogen-bond acceptors (Lipinski definition) is 6. The molecule has 1 amide bonds. The Morgan fingerprint density at radius 1 is 1.00 bits per heavy atom. The Hall–Kier alpha value is -3.35. The monoisotopic (exact) mass is 355 g/mol. The topological polar surface area (TPSA) is 90.9 Å². The standard InChI is InChI=1S/C19H17NO6/c1-24-18(22)12-7-13(19(23)25-2)9-14(8-12)20-17(21)16-10-11-5-3-4-6-15(11)26-16/h3-9,16H,10H2,1-2H3,(H,20,21)/t16-/m0/s1. The van der Waals surface area contributed by atoms with E-state index in [0.717, 1.165) is 5.56 Å². The maximum atomic E-state index is 12.5. The molecule has 0 radical (unpaired) electrons. The normalized spacial score (nSPS) is 14.8. The van der Waals surface area contributed by atoms with Crippen molar-refractivity contribution in [2.45, 2.75) is 12.5 Å². The van der Waals surface area contributed by atoms with Crippen molar-refractivity contribution < 1.29 is 28.6 Å². The van der Waals surface area contributed by atoms with Crippen molar-refractivity contribution in [2.75, 3.05) is 19.5 Å². The molecule has 1 aliphatic rings. The lowest BCUT2D eigenvalue weighted by molar-refractivity contribution is -0.122. The van der Waals surface area contributed by atoms with Crippen LogP contribution in [-0.4, -0.2) is 38.2 Å². The highest BCUT2D eigenvalue weighted by Gasteiger charge is 2.29. The molecule has 2 aromatic rings. The highest BCUT2D eigenvalue weighted by Crippen LogP contribution is 2.29. The minimum absolute atomic E-state index is 0.126. The van der Waals surface area contributed by atoms with E-state index >= 15 is 0 Å². The highest BCUT2D eigenvalue weighted by molar-refractivity contribution is 6.00. The molecule has 0 spiro atoms. The summed E-state index contributed by atoms with van der Waals surface area (Å²) in [5, 5.41) is 2.68. The maximum Gasteiger partial charge on any atom is 0.337 e. The highest BCUT2D eigenvalue weighted by atomic mass is 16.5. The van der Waals surface area contributed by atoms with Gasteiger partial charge in [-0.1, -0.05) is 18.2 Å². The van der Waals surface area contributed by atoms with Crippen molar-refractivity contribution >= 4 is 23.5 Å². The van der Waals surface area contributed by atoms with Crippen LogP contribution in [0.4, 0.5) is 5.69 Å². The van der Waals surface area contributed by atoms with E-state index in [2.05, 4.69) is 14.8 Å². The number of carbonyl (C=O) groups is 3. The van der Waals surface area contributed by atoms with Crippen LogP contribution in [0.15, 0.2) is 42.5 Å². The Morgan fingerprint density at radius 3 is 2.19 bits per heavy atom. The van der Waals surface area contributed by atoms with Crippen LogP contribution in [0.25, 0.3) is 0 Å². The molecule has 0 unspecified atom stereocenters. The van der Waals surface area contributed by atoms with E-state index in [-0.39, 0.29) is 22.7 Å². The minimum atomic E-state index is -0.684. The van der Waals surface area contributed by atoms with Crippen LogP contribution in [0, 0.1) is 0 Å². The second kappa shape index (κ2) is 7.26. The number of ether oxygens (including phenoxy) is 3. The summed E-state index contributed by atoms with van der Waals surface area (Å²) in [4.78, 5) is 36.1. The largest absolute Gasteiger partial charge is 0.480 e. The van der Waals surface area contributed by atoms with Crippen LogP contribution in [0.3, 0.4) is 0 Å². The first-order chi connectivity index (χ1) is 12.5. The van der Waals surface area contributed by atoms with Gasteiger partial charge in [0, 0.05) is 12.1 Å². The molecule has 26 heavy (non-hydrogen) atoms. The molecule has 3 rings (SSSR count).